The molecule has 1 aliphatic heterocycles. The van der Waals surface area contributed by atoms with E-state index in [1.165, 1.54) is 50.2 Å². The fraction of sp³-hybridized carbons (Fsp3) is 0.688. The first-order valence-electron chi connectivity index (χ1n) is 8.08. The first-order valence-corrected chi connectivity index (χ1v) is 8.95. The van der Waals surface area contributed by atoms with Crippen LogP contribution in [-0.4, -0.2) is 50.6 Å². The Morgan fingerprint density at radius 1 is 1.24 bits per heavy atom. The molecular weight excluding hydrogens is 280 g/mol. The Balaban J connectivity index is 1.49. The minimum Gasteiger partial charge on any atom is -0.356 e. The number of hydrogen-bond donors (Lipinski definition) is 2. The number of likely N-dealkylation sites (tertiary alicyclic amines) is 1. The summed E-state index contributed by atoms with van der Waals surface area (Å²) in [7, 11) is 1.84. The van der Waals surface area contributed by atoms with Gasteiger partial charge >= 0.3 is 0 Å². The van der Waals surface area contributed by atoms with Crippen LogP contribution >= 0.6 is 11.3 Å². The third kappa shape index (κ3) is 6.48. The van der Waals surface area contributed by atoms with Crippen molar-refractivity contribution in [3.63, 3.8) is 0 Å². The smallest absolute Gasteiger partial charge is 0.190 e. The van der Waals surface area contributed by atoms with E-state index in [0.717, 1.165) is 25.5 Å². The van der Waals surface area contributed by atoms with E-state index in [-0.39, 0.29) is 0 Å². The standard InChI is InChI=1S/C16H28N4S/c1-17-16(19-10-8-15-7-6-14-21-15)18-9-2-3-11-20-12-4-5-13-20/h6-7,14H,2-5,8-13H2,1H3,(H2,17,18,19). The molecular formula is C16H28N4S. The number of nitrogens with one attached hydrogen (secondary N) is 2. The first-order chi connectivity index (χ1) is 10.4. The molecule has 4 nitrogen and oxygen atoms in total. The van der Waals surface area contributed by atoms with Crippen LogP contribution in [0.5, 0.6) is 0 Å². The molecule has 1 fully saturated rings. The van der Waals surface area contributed by atoms with Gasteiger partial charge in [-0.05, 0) is 63.2 Å². The molecule has 2 rings (SSSR count). The van der Waals surface area contributed by atoms with Gasteiger partial charge in [0.05, 0.1) is 0 Å². The molecule has 1 aromatic rings. The zero-order valence-corrected chi connectivity index (χ0v) is 13.9. The van der Waals surface area contributed by atoms with Crippen LogP contribution in [0.1, 0.15) is 30.6 Å². The van der Waals surface area contributed by atoms with Crippen molar-refractivity contribution in [3.05, 3.63) is 22.4 Å². The highest BCUT2D eigenvalue weighted by atomic mass is 32.1. The van der Waals surface area contributed by atoms with Gasteiger partial charge in [-0.2, -0.15) is 0 Å². The Hall–Kier alpha value is -1.07. The lowest BCUT2D eigenvalue weighted by Gasteiger charge is -2.15. The van der Waals surface area contributed by atoms with Crippen LogP contribution in [0.4, 0.5) is 0 Å². The fourth-order valence-corrected chi connectivity index (χ4v) is 3.36. The number of guanidine groups is 1. The summed E-state index contributed by atoms with van der Waals surface area (Å²) in [5.74, 6) is 0.924. The van der Waals surface area contributed by atoms with E-state index in [2.05, 4.69) is 38.0 Å². The highest BCUT2D eigenvalue weighted by molar-refractivity contribution is 7.09. The molecule has 0 bridgehead atoms. The summed E-state index contributed by atoms with van der Waals surface area (Å²) in [6, 6.07) is 4.29. The predicted octanol–water partition coefficient (Wildman–Crippen LogP) is 2.33. The number of nitrogens with zero attached hydrogens (tertiary/aromatic N) is 2. The molecule has 0 atom stereocenters. The molecule has 118 valence electrons. The van der Waals surface area contributed by atoms with Gasteiger partial charge in [-0.3, -0.25) is 4.99 Å². The van der Waals surface area contributed by atoms with Gasteiger partial charge in [-0.25, -0.2) is 0 Å². The van der Waals surface area contributed by atoms with E-state index in [1.54, 1.807) is 0 Å². The second-order valence-electron chi connectivity index (χ2n) is 5.51. The van der Waals surface area contributed by atoms with E-state index in [9.17, 15) is 0 Å². The predicted molar refractivity (Wildman–Crippen MR) is 92.3 cm³/mol. The number of rotatable bonds is 8. The van der Waals surface area contributed by atoms with Gasteiger partial charge in [-0.15, -0.1) is 11.3 Å². The average Bonchev–Trinajstić information content (AvgIpc) is 3.18. The van der Waals surface area contributed by atoms with Gasteiger partial charge in [0.2, 0.25) is 0 Å². The quantitative estimate of drug-likeness (QED) is 0.440. The molecule has 5 heteroatoms. The maximum atomic E-state index is 4.27. The first kappa shape index (κ1) is 16.3. The lowest BCUT2D eigenvalue weighted by atomic mass is 10.3. The van der Waals surface area contributed by atoms with Gasteiger partial charge < -0.3 is 15.5 Å². The second kappa shape index (κ2) is 9.79. The summed E-state index contributed by atoms with van der Waals surface area (Å²) in [6.45, 7) is 5.81. The monoisotopic (exact) mass is 308 g/mol. The van der Waals surface area contributed by atoms with Crippen molar-refractivity contribution in [2.45, 2.75) is 32.1 Å². The molecule has 21 heavy (non-hydrogen) atoms. The lowest BCUT2D eigenvalue weighted by molar-refractivity contribution is 0.330. The molecule has 0 unspecified atom stereocenters. The Kier molecular flexibility index (Phi) is 7.60. The fourth-order valence-electron chi connectivity index (χ4n) is 2.65. The summed E-state index contributed by atoms with van der Waals surface area (Å²) in [5, 5.41) is 8.90. The van der Waals surface area contributed by atoms with Gasteiger partial charge in [0, 0.05) is 25.0 Å². The van der Waals surface area contributed by atoms with Crippen molar-refractivity contribution < 1.29 is 0 Å². The molecule has 0 aromatic carbocycles. The normalized spacial score (nSPS) is 16.3. The van der Waals surface area contributed by atoms with E-state index in [1.807, 2.05) is 18.4 Å². The van der Waals surface area contributed by atoms with Crippen LogP contribution in [0.15, 0.2) is 22.5 Å². The van der Waals surface area contributed by atoms with E-state index >= 15 is 0 Å². The van der Waals surface area contributed by atoms with Crippen LogP contribution in [0.25, 0.3) is 0 Å². The van der Waals surface area contributed by atoms with Crippen LogP contribution in [0.2, 0.25) is 0 Å². The van der Waals surface area contributed by atoms with Gasteiger partial charge in [-0.1, -0.05) is 6.07 Å². The topological polar surface area (TPSA) is 39.7 Å². The number of unbranched alkanes of at least 4 members (excludes halogenated alkanes) is 1. The van der Waals surface area contributed by atoms with Crippen molar-refractivity contribution in [2.24, 2.45) is 4.99 Å². The minimum atomic E-state index is 0.924. The summed E-state index contributed by atoms with van der Waals surface area (Å²) in [4.78, 5) is 8.27. The molecule has 1 aliphatic rings. The summed E-state index contributed by atoms with van der Waals surface area (Å²) in [5.41, 5.74) is 0. The third-order valence-electron chi connectivity index (χ3n) is 3.86. The zero-order chi connectivity index (χ0) is 14.8. The molecule has 1 aromatic heterocycles. The molecule has 1 saturated heterocycles. The highest BCUT2D eigenvalue weighted by Gasteiger charge is 2.09. The molecule has 0 radical (unpaired) electrons. The second-order valence-corrected chi connectivity index (χ2v) is 6.54. The minimum absolute atomic E-state index is 0.924. The molecule has 0 amide bonds. The Bertz CT molecular complexity index is 396. The summed E-state index contributed by atoms with van der Waals surface area (Å²) >= 11 is 1.81. The van der Waals surface area contributed by atoms with Gasteiger partial charge in [0.15, 0.2) is 5.96 Å². The van der Waals surface area contributed by atoms with E-state index in [4.69, 9.17) is 0 Å². The van der Waals surface area contributed by atoms with Crippen molar-refractivity contribution in [1.29, 1.82) is 0 Å². The average molecular weight is 308 g/mol. The Morgan fingerprint density at radius 2 is 2.05 bits per heavy atom. The van der Waals surface area contributed by atoms with E-state index < -0.39 is 0 Å². The van der Waals surface area contributed by atoms with Crippen LogP contribution < -0.4 is 10.6 Å². The molecule has 0 aliphatic carbocycles. The molecule has 2 heterocycles. The summed E-state index contributed by atoms with van der Waals surface area (Å²) < 4.78 is 0. The lowest BCUT2D eigenvalue weighted by Crippen LogP contribution is -2.38. The van der Waals surface area contributed by atoms with E-state index in [0.29, 0.717) is 0 Å². The molecule has 2 N–H and O–H groups in total. The van der Waals surface area contributed by atoms with Gasteiger partial charge in [0.25, 0.3) is 0 Å². The SMILES string of the molecule is CN=C(NCCCCN1CCCC1)NCCc1cccs1. The molecule has 0 saturated carbocycles. The Morgan fingerprint density at radius 3 is 2.76 bits per heavy atom. The van der Waals surface area contributed by atoms with Gasteiger partial charge in [0.1, 0.15) is 0 Å². The van der Waals surface area contributed by atoms with Crippen LogP contribution in [0.3, 0.4) is 0 Å². The Labute approximate surface area is 132 Å². The van der Waals surface area contributed by atoms with Crippen molar-refractivity contribution in [1.82, 2.24) is 15.5 Å². The number of aliphatic imine (C=N–C) groups is 1. The third-order valence-corrected chi connectivity index (χ3v) is 4.80. The maximum Gasteiger partial charge on any atom is 0.190 e. The van der Waals surface area contributed by atoms with Crippen LogP contribution in [0, 0.1) is 0 Å². The maximum absolute atomic E-state index is 4.27. The number of thiophene rings is 1. The zero-order valence-electron chi connectivity index (χ0n) is 13.1. The summed E-state index contributed by atoms with van der Waals surface area (Å²) in [6.07, 6.45) is 6.33. The van der Waals surface area contributed by atoms with Crippen molar-refractivity contribution in [2.75, 3.05) is 39.8 Å². The highest BCUT2D eigenvalue weighted by Crippen LogP contribution is 2.08. The molecule has 0 spiro atoms. The van der Waals surface area contributed by atoms with Crippen molar-refractivity contribution >= 4 is 17.3 Å². The van der Waals surface area contributed by atoms with Crippen LogP contribution in [-0.2, 0) is 6.42 Å². The largest absolute Gasteiger partial charge is 0.356 e. The number of hydrogen-bond acceptors (Lipinski definition) is 3. The van der Waals surface area contributed by atoms with Crippen molar-refractivity contribution in [3.8, 4) is 0 Å².